The summed E-state index contributed by atoms with van der Waals surface area (Å²) < 4.78 is 6.37. The Bertz CT molecular complexity index is 3490. The molecule has 12 rings (SSSR count). The van der Waals surface area contributed by atoms with Gasteiger partial charge >= 0.3 is 0 Å². The van der Waals surface area contributed by atoms with Gasteiger partial charge in [0, 0.05) is 54.6 Å². The van der Waals surface area contributed by atoms with Crippen LogP contribution in [0.3, 0.4) is 0 Å². The number of rotatable bonds is 5. The standard InChI is InChI=1S/C56H37N3O/c1-56(2)45-19-11-9-17-40(45)44-31-39(26-29-46(44)56)48-33-47(58-55(59-48)37-15-7-4-8-16-37)35-23-21-34(22-24-35)38-25-27-41-49(32-38)57-54(36-13-5-3-6-14-36)43-28-30-51-53(52(41)43)42-18-10-12-20-50(42)60-51/h3-33H,1-2H3. The normalized spacial score (nSPS) is 13.0. The average molecular weight is 768 g/mol. The summed E-state index contributed by atoms with van der Waals surface area (Å²) in [6.07, 6.45) is 0. The third kappa shape index (κ3) is 5.34. The van der Waals surface area contributed by atoms with Crippen LogP contribution in [0.25, 0.3) is 111 Å². The summed E-state index contributed by atoms with van der Waals surface area (Å²) in [4.78, 5) is 15.7. The molecule has 1 aliphatic carbocycles. The largest absolute Gasteiger partial charge is 0.456 e. The van der Waals surface area contributed by atoms with E-state index in [1.54, 1.807) is 0 Å². The van der Waals surface area contributed by atoms with Crippen molar-refractivity contribution in [3.8, 4) is 67.4 Å². The predicted molar refractivity (Wildman–Crippen MR) is 247 cm³/mol. The Kier molecular flexibility index (Phi) is 7.54. The molecule has 3 aromatic heterocycles. The van der Waals surface area contributed by atoms with Gasteiger partial charge in [-0.2, -0.15) is 0 Å². The van der Waals surface area contributed by atoms with Gasteiger partial charge in [-0.05, 0) is 69.8 Å². The maximum atomic E-state index is 6.37. The smallest absolute Gasteiger partial charge is 0.160 e. The van der Waals surface area contributed by atoms with Gasteiger partial charge in [-0.1, -0.05) is 166 Å². The molecule has 0 amide bonds. The summed E-state index contributed by atoms with van der Waals surface area (Å²) in [6.45, 7) is 4.63. The maximum absolute atomic E-state index is 6.37. The molecule has 8 aromatic carbocycles. The number of pyridine rings is 1. The summed E-state index contributed by atoms with van der Waals surface area (Å²) in [5.41, 5.74) is 17.0. The highest BCUT2D eigenvalue weighted by atomic mass is 16.3. The number of furan rings is 1. The van der Waals surface area contributed by atoms with Crippen molar-refractivity contribution < 1.29 is 4.42 Å². The van der Waals surface area contributed by atoms with Crippen molar-refractivity contribution >= 4 is 43.6 Å². The Morgan fingerprint density at radius 3 is 1.83 bits per heavy atom. The van der Waals surface area contributed by atoms with Crippen LogP contribution in [-0.4, -0.2) is 15.0 Å². The Morgan fingerprint density at radius 1 is 0.383 bits per heavy atom. The van der Waals surface area contributed by atoms with Crippen molar-refractivity contribution in [2.75, 3.05) is 0 Å². The molecule has 60 heavy (non-hydrogen) atoms. The third-order valence-corrected chi connectivity index (χ3v) is 12.5. The number of nitrogens with zero attached hydrogens (tertiary/aromatic N) is 3. The zero-order valence-corrected chi connectivity index (χ0v) is 33.1. The third-order valence-electron chi connectivity index (χ3n) is 12.5. The molecule has 0 N–H and O–H groups in total. The lowest BCUT2D eigenvalue weighted by molar-refractivity contribution is 0.660. The van der Waals surface area contributed by atoms with E-state index in [-0.39, 0.29) is 5.41 Å². The Balaban J connectivity index is 0.977. The second-order valence-corrected chi connectivity index (χ2v) is 16.4. The SMILES string of the molecule is CC1(C)c2ccccc2-c2cc(-c3cc(-c4ccc(-c5ccc6c(c5)nc(-c5ccccc5)c5ccc7oc8ccccc8c7c56)cc4)nc(-c4ccccc4)n3)ccc21. The molecule has 0 radical (unpaired) electrons. The van der Waals surface area contributed by atoms with Crippen LogP contribution in [0.2, 0.25) is 0 Å². The predicted octanol–water partition coefficient (Wildman–Crippen LogP) is 14.7. The highest BCUT2D eigenvalue weighted by Gasteiger charge is 2.35. The molecule has 1 aliphatic rings. The zero-order valence-electron chi connectivity index (χ0n) is 33.1. The summed E-state index contributed by atoms with van der Waals surface area (Å²) in [7, 11) is 0. The number of hydrogen-bond donors (Lipinski definition) is 0. The minimum absolute atomic E-state index is 0.0570. The number of benzene rings is 8. The quantitative estimate of drug-likeness (QED) is 0.164. The molecule has 0 saturated heterocycles. The van der Waals surface area contributed by atoms with Crippen molar-refractivity contribution in [3.63, 3.8) is 0 Å². The van der Waals surface area contributed by atoms with E-state index >= 15 is 0 Å². The molecular formula is C56H37N3O. The summed E-state index contributed by atoms with van der Waals surface area (Å²) in [5.74, 6) is 0.704. The fourth-order valence-corrected chi connectivity index (χ4v) is 9.48. The van der Waals surface area contributed by atoms with Crippen LogP contribution in [0.15, 0.2) is 192 Å². The van der Waals surface area contributed by atoms with Crippen LogP contribution in [0, 0.1) is 0 Å². The van der Waals surface area contributed by atoms with E-state index in [9.17, 15) is 0 Å². The molecule has 282 valence electrons. The number of aromatic nitrogens is 3. The molecule has 0 bridgehead atoms. The first-order valence-electron chi connectivity index (χ1n) is 20.5. The van der Waals surface area contributed by atoms with Gasteiger partial charge in [0.15, 0.2) is 5.82 Å². The summed E-state index contributed by atoms with van der Waals surface area (Å²) in [6, 6.07) is 66.4. The van der Waals surface area contributed by atoms with E-state index < -0.39 is 0 Å². The average Bonchev–Trinajstić information content (AvgIpc) is 3.80. The van der Waals surface area contributed by atoms with Gasteiger partial charge < -0.3 is 4.42 Å². The van der Waals surface area contributed by atoms with Crippen molar-refractivity contribution in [1.82, 2.24) is 15.0 Å². The molecule has 11 aromatic rings. The lowest BCUT2D eigenvalue weighted by atomic mass is 9.82. The number of fused-ring (bicyclic) bond motifs is 10. The molecule has 0 fully saturated rings. The molecule has 0 spiro atoms. The Labute approximate surface area is 347 Å². The van der Waals surface area contributed by atoms with E-state index in [4.69, 9.17) is 19.4 Å². The minimum atomic E-state index is -0.0570. The Morgan fingerprint density at radius 2 is 1.02 bits per heavy atom. The van der Waals surface area contributed by atoms with Crippen LogP contribution < -0.4 is 0 Å². The van der Waals surface area contributed by atoms with E-state index in [1.807, 2.05) is 36.4 Å². The summed E-state index contributed by atoms with van der Waals surface area (Å²) >= 11 is 0. The van der Waals surface area contributed by atoms with Gasteiger partial charge in [0.2, 0.25) is 0 Å². The van der Waals surface area contributed by atoms with E-state index in [2.05, 4.69) is 166 Å². The molecule has 0 atom stereocenters. The van der Waals surface area contributed by atoms with Gasteiger partial charge in [-0.25, -0.2) is 15.0 Å². The van der Waals surface area contributed by atoms with Gasteiger partial charge in [0.1, 0.15) is 11.2 Å². The highest BCUT2D eigenvalue weighted by molar-refractivity contribution is 6.28. The van der Waals surface area contributed by atoms with Crippen molar-refractivity contribution in [2.45, 2.75) is 19.3 Å². The molecule has 3 heterocycles. The van der Waals surface area contributed by atoms with Crippen molar-refractivity contribution in [2.24, 2.45) is 0 Å². The zero-order chi connectivity index (χ0) is 40.0. The molecule has 4 nitrogen and oxygen atoms in total. The van der Waals surface area contributed by atoms with E-state index in [0.29, 0.717) is 5.82 Å². The van der Waals surface area contributed by atoms with Gasteiger partial charge in [-0.3, -0.25) is 0 Å². The number of hydrogen-bond acceptors (Lipinski definition) is 4. The van der Waals surface area contributed by atoms with Crippen molar-refractivity contribution in [1.29, 1.82) is 0 Å². The summed E-state index contributed by atoms with van der Waals surface area (Å²) in [5, 5.41) is 5.60. The second-order valence-electron chi connectivity index (χ2n) is 16.4. The number of para-hydroxylation sites is 1. The second kappa shape index (κ2) is 13.2. The van der Waals surface area contributed by atoms with Crippen LogP contribution >= 0.6 is 0 Å². The van der Waals surface area contributed by atoms with Gasteiger partial charge in [-0.15, -0.1) is 0 Å². The van der Waals surface area contributed by atoms with E-state index in [1.165, 1.54) is 22.3 Å². The molecule has 4 heteroatoms. The van der Waals surface area contributed by atoms with Gasteiger partial charge in [0.05, 0.1) is 22.6 Å². The fraction of sp³-hybridized carbons (Fsp3) is 0.0536. The maximum Gasteiger partial charge on any atom is 0.160 e. The first-order chi connectivity index (χ1) is 29.5. The lowest BCUT2D eigenvalue weighted by Gasteiger charge is -2.21. The lowest BCUT2D eigenvalue weighted by Crippen LogP contribution is -2.14. The van der Waals surface area contributed by atoms with Crippen LogP contribution in [0.1, 0.15) is 25.0 Å². The van der Waals surface area contributed by atoms with E-state index in [0.717, 1.165) is 94.1 Å². The molecule has 0 unspecified atom stereocenters. The first-order valence-corrected chi connectivity index (χ1v) is 20.5. The molecule has 0 aliphatic heterocycles. The van der Waals surface area contributed by atoms with Crippen LogP contribution in [-0.2, 0) is 5.41 Å². The fourth-order valence-electron chi connectivity index (χ4n) is 9.48. The minimum Gasteiger partial charge on any atom is -0.456 e. The van der Waals surface area contributed by atoms with Crippen LogP contribution in [0.5, 0.6) is 0 Å². The topological polar surface area (TPSA) is 51.8 Å². The molecule has 0 saturated carbocycles. The highest BCUT2D eigenvalue weighted by Crippen LogP contribution is 2.49. The van der Waals surface area contributed by atoms with Crippen LogP contribution in [0.4, 0.5) is 0 Å². The van der Waals surface area contributed by atoms with Crippen molar-refractivity contribution in [3.05, 3.63) is 199 Å². The van der Waals surface area contributed by atoms with Gasteiger partial charge in [0.25, 0.3) is 0 Å². The first kappa shape index (κ1) is 34.4. The Hall–Kier alpha value is -7.69. The monoisotopic (exact) mass is 767 g/mol. The molecular weight excluding hydrogens is 731 g/mol.